The third-order valence-corrected chi connectivity index (χ3v) is 11.7. The van der Waals surface area contributed by atoms with Gasteiger partial charge in [-0.25, -0.2) is 0 Å². The Morgan fingerprint density at radius 2 is 0.778 bits per heavy atom. The largest absolute Gasteiger partial charge is 0.308 e. The number of benzene rings is 9. The highest BCUT2D eigenvalue weighted by atomic mass is 32.1. The molecule has 10 rings (SSSR count). The molecule has 0 spiro atoms. The van der Waals surface area contributed by atoms with Crippen molar-refractivity contribution in [3.8, 4) is 44.5 Å². The van der Waals surface area contributed by atoms with Crippen LogP contribution < -0.4 is 4.90 Å². The zero-order valence-corrected chi connectivity index (χ0v) is 30.4. The maximum Gasteiger partial charge on any atom is 0.0640 e. The van der Waals surface area contributed by atoms with Crippen LogP contribution in [0.25, 0.3) is 75.5 Å². The number of hydrogen-bond acceptors (Lipinski definition) is 2. The molecule has 0 amide bonds. The molecule has 9 aromatic carbocycles. The summed E-state index contributed by atoms with van der Waals surface area (Å²) in [6.07, 6.45) is 0. The summed E-state index contributed by atoms with van der Waals surface area (Å²) < 4.78 is 2.56. The summed E-state index contributed by atoms with van der Waals surface area (Å²) in [5.41, 5.74) is 13.0. The van der Waals surface area contributed by atoms with Gasteiger partial charge in [0.25, 0.3) is 0 Å². The van der Waals surface area contributed by atoms with Gasteiger partial charge in [0.1, 0.15) is 0 Å². The van der Waals surface area contributed by atoms with Gasteiger partial charge in [-0.2, -0.15) is 0 Å². The third-order valence-electron chi connectivity index (χ3n) is 10.5. The monoisotopic (exact) mass is 705 g/mol. The van der Waals surface area contributed by atoms with Gasteiger partial charge in [-0.3, -0.25) is 0 Å². The highest BCUT2D eigenvalue weighted by Gasteiger charge is 2.24. The predicted molar refractivity (Wildman–Crippen MR) is 233 cm³/mol. The smallest absolute Gasteiger partial charge is 0.0640 e. The molecule has 1 heterocycles. The first-order valence-electron chi connectivity index (χ1n) is 18.4. The van der Waals surface area contributed by atoms with Crippen LogP contribution in [0.15, 0.2) is 212 Å². The number of anilines is 3. The van der Waals surface area contributed by atoms with Crippen molar-refractivity contribution < 1.29 is 0 Å². The average Bonchev–Trinajstić information content (AvgIpc) is 3.64. The lowest BCUT2D eigenvalue weighted by Gasteiger charge is -2.30. The van der Waals surface area contributed by atoms with E-state index >= 15 is 0 Å². The fourth-order valence-electron chi connectivity index (χ4n) is 8.00. The quantitative estimate of drug-likeness (QED) is 0.160. The van der Waals surface area contributed by atoms with E-state index in [0.717, 1.165) is 17.1 Å². The van der Waals surface area contributed by atoms with Crippen molar-refractivity contribution >= 4 is 59.3 Å². The van der Waals surface area contributed by atoms with Gasteiger partial charge in [-0.05, 0) is 68.4 Å². The summed E-state index contributed by atoms with van der Waals surface area (Å²) in [4.78, 5) is 2.51. The first-order valence-corrected chi connectivity index (χ1v) is 19.3. The molecule has 10 aromatic rings. The summed E-state index contributed by atoms with van der Waals surface area (Å²) in [7, 11) is 0. The number of para-hydroxylation sites is 2. The van der Waals surface area contributed by atoms with Crippen LogP contribution in [0.3, 0.4) is 0 Å². The van der Waals surface area contributed by atoms with E-state index in [1.165, 1.54) is 75.5 Å². The van der Waals surface area contributed by atoms with Crippen molar-refractivity contribution in [2.45, 2.75) is 0 Å². The molecular formula is C52H35NS. The first kappa shape index (κ1) is 32.0. The van der Waals surface area contributed by atoms with E-state index in [1.807, 2.05) is 11.3 Å². The molecule has 0 aliphatic carbocycles. The van der Waals surface area contributed by atoms with Gasteiger partial charge in [-0.15, -0.1) is 11.3 Å². The van der Waals surface area contributed by atoms with Crippen LogP contribution in [0.5, 0.6) is 0 Å². The van der Waals surface area contributed by atoms with E-state index in [4.69, 9.17) is 0 Å². The van der Waals surface area contributed by atoms with Crippen LogP contribution in [0.4, 0.5) is 17.1 Å². The van der Waals surface area contributed by atoms with Gasteiger partial charge in [0.05, 0.1) is 21.8 Å². The lowest BCUT2D eigenvalue weighted by atomic mass is 9.90. The third kappa shape index (κ3) is 5.56. The number of rotatable bonds is 7. The van der Waals surface area contributed by atoms with Crippen LogP contribution in [0.2, 0.25) is 0 Å². The van der Waals surface area contributed by atoms with Gasteiger partial charge < -0.3 is 4.90 Å². The standard InChI is InChI=1S/C52H35NS/c1-3-16-36(17-4-1)37-32-34-39(35-33-37)41-22-7-10-28-47(41)53(49-30-15-27-46-44-24-9-12-31-50(44)54-52(46)49)48-29-11-8-23-43(48)45-26-14-21-40-20-13-25-42(51(40)45)38-18-5-2-6-19-38/h1-35H. The SMILES string of the molecule is c1ccc(-c2ccc(-c3ccccc3N(c3ccccc3-c3cccc4cccc(-c5ccccc5)c34)c3cccc4c3sc3ccccc34)cc2)cc1. The van der Waals surface area contributed by atoms with Crippen LogP contribution in [-0.4, -0.2) is 0 Å². The topological polar surface area (TPSA) is 3.24 Å². The molecule has 0 bridgehead atoms. The summed E-state index contributed by atoms with van der Waals surface area (Å²) >= 11 is 1.87. The maximum absolute atomic E-state index is 2.51. The number of nitrogens with zero attached hydrogens (tertiary/aromatic N) is 1. The fraction of sp³-hybridized carbons (Fsp3) is 0. The minimum absolute atomic E-state index is 1.13. The first-order chi connectivity index (χ1) is 26.8. The molecule has 0 aliphatic heterocycles. The molecule has 254 valence electrons. The second-order valence-corrected chi connectivity index (χ2v) is 14.7. The Morgan fingerprint density at radius 3 is 1.54 bits per heavy atom. The molecule has 0 N–H and O–H groups in total. The van der Waals surface area contributed by atoms with Crippen molar-refractivity contribution in [3.63, 3.8) is 0 Å². The van der Waals surface area contributed by atoms with E-state index in [2.05, 4.69) is 217 Å². The zero-order valence-electron chi connectivity index (χ0n) is 29.6. The highest BCUT2D eigenvalue weighted by Crippen LogP contribution is 2.50. The molecule has 1 aromatic heterocycles. The molecule has 0 radical (unpaired) electrons. The van der Waals surface area contributed by atoms with Crippen molar-refractivity contribution in [2.24, 2.45) is 0 Å². The molecule has 0 aliphatic rings. The number of fused-ring (bicyclic) bond motifs is 4. The van der Waals surface area contributed by atoms with E-state index < -0.39 is 0 Å². The van der Waals surface area contributed by atoms with Crippen LogP contribution in [-0.2, 0) is 0 Å². The Balaban J connectivity index is 1.24. The highest BCUT2D eigenvalue weighted by molar-refractivity contribution is 7.26. The van der Waals surface area contributed by atoms with Gasteiger partial charge in [0.2, 0.25) is 0 Å². The van der Waals surface area contributed by atoms with Crippen LogP contribution >= 0.6 is 11.3 Å². The van der Waals surface area contributed by atoms with Gasteiger partial charge in [0.15, 0.2) is 0 Å². The molecule has 1 nitrogen and oxygen atoms in total. The summed E-state index contributed by atoms with van der Waals surface area (Å²) in [6, 6.07) is 77.2. The molecule has 0 fully saturated rings. The Labute approximate surface area is 319 Å². The lowest BCUT2D eigenvalue weighted by Crippen LogP contribution is -2.12. The van der Waals surface area contributed by atoms with Crippen LogP contribution in [0.1, 0.15) is 0 Å². The Kier molecular flexibility index (Phi) is 8.09. The van der Waals surface area contributed by atoms with Gasteiger partial charge in [-0.1, -0.05) is 188 Å². The van der Waals surface area contributed by atoms with Gasteiger partial charge in [0, 0.05) is 26.6 Å². The van der Waals surface area contributed by atoms with Crippen molar-refractivity contribution in [2.75, 3.05) is 4.90 Å². The minimum atomic E-state index is 1.13. The Morgan fingerprint density at radius 1 is 0.296 bits per heavy atom. The van der Waals surface area contributed by atoms with Crippen LogP contribution in [0, 0.1) is 0 Å². The van der Waals surface area contributed by atoms with E-state index in [9.17, 15) is 0 Å². The Hall–Kier alpha value is -6.74. The fourth-order valence-corrected chi connectivity index (χ4v) is 9.21. The second kappa shape index (κ2) is 13.7. The molecule has 54 heavy (non-hydrogen) atoms. The zero-order chi connectivity index (χ0) is 35.8. The summed E-state index contributed by atoms with van der Waals surface area (Å²) in [6.45, 7) is 0. The van der Waals surface area contributed by atoms with E-state index in [-0.39, 0.29) is 0 Å². The normalized spacial score (nSPS) is 11.3. The van der Waals surface area contributed by atoms with E-state index in [1.54, 1.807) is 0 Å². The number of thiophene rings is 1. The molecule has 2 heteroatoms. The minimum Gasteiger partial charge on any atom is -0.308 e. The molecular weight excluding hydrogens is 671 g/mol. The second-order valence-electron chi connectivity index (χ2n) is 13.6. The lowest BCUT2D eigenvalue weighted by molar-refractivity contribution is 1.30. The summed E-state index contributed by atoms with van der Waals surface area (Å²) in [5, 5.41) is 5.04. The maximum atomic E-state index is 2.51. The van der Waals surface area contributed by atoms with Gasteiger partial charge >= 0.3 is 0 Å². The van der Waals surface area contributed by atoms with Crippen molar-refractivity contribution in [1.29, 1.82) is 0 Å². The van der Waals surface area contributed by atoms with Crippen molar-refractivity contribution in [3.05, 3.63) is 212 Å². The van der Waals surface area contributed by atoms with Crippen molar-refractivity contribution in [1.82, 2.24) is 0 Å². The molecule has 0 saturated heterocycles. The Bertz CT molecular complexity index is 2920. The molecule has 0 unspecified atom stereocenters. The molecule has 0 atom stereocenters. The predicted octanol–water partition coefficient (Wildman–Crippen LogP) is 15.3. The average molecular weight is 706 g/mol. The van der Waals surface area contributed by atoms with E-state index in [0.29, 0.717) is 0 Å². The summed E-state index contributed by atoms with van der Waals surface area (Å²) in [5.74, 6) is 0. The molecule has 0 saturated carbocycles. The number of hydrogen-bond donors (Lipinski definition) is 0.